The first kappa shape index (κ1) is 17.5. The average molecular weight is 358 g/mol. The van der Waals surface area contributed by atoms with Crippen LogP contribution in [0, 0.1) is 5.82 Å². The van der Waals surface area contributed by atoms with Gasteiger partial charge in [0.25, 0.3) is 5.56 Å². The standard InChI is InChI=1S/C19H19FN2O2S/c1-13(2)22-18(23)16-5-3-4-6-17(16)21-19(22)25-12-11-24-15-9-7-14(20)8-10-15/h3-10,13H,11-12H2,1-2H3. The van der Waals surface area contributed by atoms with Crippen LogP contribution in [0.2, 0.25) is 0 Å². The van der Waals surface area contributed by atoms with Crippen molar-refractivity contribution in [3.8, 4) is 5.75 Å². The lowest BCUT2D eigenvalue weighted by Gasteiger charge is -2.16. The van der Waals surface area contributed by atoms with Crippen molar-refractivity contribution < 1.29 is 9.13 Å². The Hall–Kier alpha value is -2.34. The van der Waals surface area contributed by atoms with Crippen LogP contribution >= 0.6 is 11.8 Å². The molecule has 0 bridgehead atoms. The van der Waals surface area contributed by atoms with Crippen LogP contribution in [0.15, 0.2) is 58.5 Å². The Morgan fingerprint density at radius 1 is 1.16 bits per heavy atom. The molecule has 0 saturated carbocycles. The van der Waals surface area contributed by atoms with Crippen LogP contribution in [0.5, 0.6) is 5.75 Å². The van der Waals surface area contributed by atoms with E-state index in [2.05, 4.69) is 4.98 Å². The average Bonchev–Trinajstić information content (AvgIpc) is 2.60. The molecule has 2 aromatic carbocycles. The SMILES string of the molecule is CC(C)n1c(SCCOc2ccc(F)cc2)nc2ccccc2c1=O. The van der Waals surface area contributed by atoms with Crippen molar-refractivity contribution in [2.45, 2.75) is 25.0 Å². The lowest BCUT2D eigenvalue weighted by atomic mass is 10.2. The second kappa shape index (κ2) is 7.70. The highest BCUT2D eigenvalue weighted by molar-refractivity contribution is 7.99. The minimum Gasteiger partial charge on any atom is -0.493 e. The van der Waals surface area contributed by atoms with Crippen molar-refractivity contribution >= 4 is 22.7 Å². The third-order valence-electron chi connectivity index (χ3n) is 3.69. The van der Waals surface area contributed by atoms with Crippen LogP contribution in [0.1, 0.15) is 19.9 Å². The Morgan fingerprint density at radius 2 is 1.88 bits per heavy atom. The zero-order chi connectivity index (χ0) is 17.8. The molecular formula is C19H19FN2O2S. The molecule has 130 valence electrons. The predicted molar refractivity (Wildman–Crippen MR) is 99.0 cm³/mol. The minimum absolute atomic E-state index is 0.0186. The molecule has 3 rings (SSSR count). The minimum atomic E-state index is -0.289. The normalized spacial score (nSPS) is 11.2. The Labute approximate surface area is 149 Å². The summed E-state index contributed by atoms with van der Waals surface area (Å²) in [7, 11) is 0. The summed E-state index contributed by atoms with van der Waals surface area (Å²) in [4.78, 5) is 17.4. The van der Waals surface area contributed by atoms with Gasteiger partial charge in [-0.15, -0.1) is 0 Å². The van der Waals surface area contributed by atoms with Crippen LogP contribution in [0.4, 0.5) is 4.39 Å². The van der Waals surface area contributed by atoms with Crippen molar-refractivity contribution in [2.75, 3.05) is 12.4 Å². The number of ether oxygens (including phenoxy) is 1. The lowest BCUT2D eigenvalue weighted by Crippen LogP contribution is -2.25. The maximum absolute atomic E-state index is 12.9. The molecule has 3 aromatic rings. The van der Waals surface area contributed by atoms with E-state index in [0.717, 1.165) is 0 Å². The van der Waals surface area contributed by atoms with E-state index in [-0.39, 0.29) is 17.4 Å². The van der Waals surface area contributed by atoms with Gasteiger partial charge in [0.1, 0.15) is 11.6 Å². The second-order valence-corrected chi connectivity index (χ2v) is 6.89. The third-order valence-corrected chi connectivity index (χ3v) is 4.61. The van der Waals surface area contributed by atoms with E-state index in [1.165, 1.54) is 23.9 Å². The van der Waals surface area contributed by atoms with Crippen LogP contribution in [0.25, 0.3) is 10.9 Å². The molecule has 0 fully saturated rings. The number of para-hydroxylation sites is 1. The van der Waals surface area contributed by atoms with Gasteiger partial charge in [0.15, 0.2) is 5.16 Å². The van der Waals surface area contributed by atoms with Gasteiger partial charge in [-0.3, -0.25) is 9.36 Å². The molecule has 0 spiro atoms. The molecule has 0 atom stereocenters. The predicted octanol–water partition coefficient (Wildman–Crippen LogP) is 4.29. The van der Waals surface area contributed by atoms with E-state index in [9.17, 15) is 9.18 Å². The van der Waals surface area contributed by atoms with E-state index in [1.54, 1.807) is 22.8 Å². The number of hydrogen-bond acceptors (Lipinski definition) is 4. The number of fused-ring (bicyclic) bond motifs is 1. The fourth-order valence-electron chi connectivity index (χ4n) is 2.51. The number of thioether (sulfide) groups is 1. The summed E-state index contributed by atoms with van der Waals surface area (Å²) < 4.78 is 20.2. The molecule has 0 aliphatic rings. The van der Waals surface area contributed by atoms with Gasteiger partial charge in [-0.05, 0) is 50.2 Å². The van der Waals surface area contributed by atoms with E-state index in [0.29, 0.717) is 34.2 Å². The largest absolute Gasteiger partial charge is 0.493 e. The van der Waals surface area contributed by atoms with Gasteiger partial charge >= 0.3 is 0 Å². The summed E-state index contributed by atoms with van der Waals surface area (Å²) in [5.74, 6) is 0.965. The highest BCUT2D eigenvalue weighted by Crippen LogP contribution is 2.21. The number of hydrogen-bond donors (Lipinski definition) is 0. The van der Waals surface area contributed by atoms with Crippen molar-refractivity contribution in [2.24, 2.45) is 0 Å². The first-order chi connectivity index (χ1) is 12.1. The number of aromatic nitrogens is 2. The maximum Gasteiger partial charge on any atom is 0.262 e. The van der Waals surface area contributed by atoms with Crippen LogP contribution in [0.3, 0.4) is 0 Å². The Bertz CT molecular complexity index is 923. The molecule has 0 saturated heterocycles. The van der Waals surface area contributed by atoms with Crippen molar-refractivity contribution in [3.05, 3.63) is 64.7 Å². The van der Waals surface area contributed by atoms with E-state index in [4.69, 9.17) is 4.74 Å². The number of rotatable bonds is 6. The van der Waals surface area contributed by atoms with Gasteiger partial charge in [0.2, 0.25) is 0 Å². The zero-order valence-corrected chi connectivity index (χ0v) is 14.9. The quantitative estimate of drug-likeness (QED) is 0.375. The number of nitrogens with zero attached hydrogens (tertiary/aromatic N) is 2. The van der Waals surface area contributed by atoms with Crippen molar-refractivity contribution in [1.82, 2.24) is 9.55 Å². The molecule has 0 unspecified atom stereocenters. The van der Waals surface area contributed by atoms with Crippen molar-refractivity contribution in [1.29, 1.82) is 0 Å². The van der Waals surface area contributed by atoms with Gasteiger partial charge < -0.3 is 4.74 Å². The molecule has 0 N–H and O–H groups in total. The Kier molecular flexibility index (Phi) is 5.38. The molecule has 4 nitrogen and oxygen atoms in total. The van der Waals surface area contributed by atoms with Crippen molar-refractivity contribution in [3.63, 3.8) is 0 Å². The molecule has 1 aromatic heterocycles. The van der Waals surface area contributed by atoms with Gasteiger partial charge in [0, 0.05) is 11.8 Å². The molecular weight excluding hydrogens is 339 g/mol. The first-order valence-electron chi connectivity index (χ1n) is 8.08. The van der Waals surface area contributed by atoms with Gasteiger partial charge in [-0.2, -0.15) is 0 Å². The summed E-state index contributed by atoms with van der Waals surface area (Å²) in [6.45, 7) is 4.38. The Morgan fingerprint density at radius 3 is 2.60 bits per heavy atom. The van der Waals surface area contributed by atoms with E-state index in [1.807, 2.05) is 32.0 Å². The van der Waals surface area contributed by atoms with Gasteiger partial charge in [-0.1, -0.05) is 23.9 Å². The fourth-order valence-corrected chi connectivity index (χ4v) is 3.45. The molecule has 0 radical (unpaired) electrons. The van der Waals surface area contributed by atoms with Crippen LogP contribution in [-0.4, -0.2) is 21.9 Å². The summed E-state index contributed by atoms with van der Waals surface area (Å²) in [6, 6.07) is 13.3. The molecule has 0 amide bonds. The number of halogens is 1. The van der Waals surface area contributed by atoms with Gasteiger partial charge in [0.05, 0.1) is 17.5 Å². The maximum atomic E-state index is 12.9. The van der Waals surface area contributed by atoms with Gasteiger partial charge in [-0.25, -0.2) is 9.37 Å². The zero-order valence-electron chi connectivity index (χ0n) is 14.1. The molecule has 25 heavy (non-hydrogen) atoms. The lowest BCUT2D eigenvalue weighted by molar-refractivity contribution is 0.343. The first-order valence-corrected chi connectivity index (χ1v) is 9.07. The smallest absolute Gasteiger partial charge is 0.262 e. The summed E-state index contributed by atoms with van der Waals surface area (Å²) >= 11 is 1.48. The highest BCUT2D eigenvalue weighted by Gasteiger charge is 2.13. The number of benzene rings is 2. The molecule has 1 heterocycles. The topological polar surface area (TPSA) is 44.1 Å². The molecule has 0 aliphatic carbocycles. The monoisotopic (exact) mass is 358 g/mol. The molecule has 6 heteroatoms. The van der Waals surface area contributed by atoms with E-state index < -0.39 is 0 Å². The molecule has 0 aliphatic heterocycles. The summed E-state index contributed by atoms with van der Waals surface area (Å²) in [5.41, 5.74) is 0.675. The Balaban J connectivity index is 1.75. The van der Waals surface area contributed by atoms with Crippen LogP contribution in [-0.2, 0) is 0 Å². The third kappa shape index (κ3) is 4.02. The summed E-state index contributed by atoms with van der Waals surface area (Å²) in [5, 5.41) is 1.31. The summed E-state index contributed by atoms with van der Waals surface area (Å²) in [6.07, 6.45) is 0. The second-order valence-electron chi connectivity index (χ2n) is 5.83. The fraction of sp³-hybridized carbons (Fsp3) is 0.263. The highest BCUT2D eigenvalue weighted by atomic mass is 32.2. The van der Waals surface area contributed by atoms with E-state index >= 15 is 0 Å². The van der Waals surface area contributed by atoms with Crippen LogP contribution < -0.4 is 10.3 Å².